The Labute approximate surface area is 75.9 Å². The maximum Gasteiger partial charge on any atom is 0.127 e. The molecule has 0 radical (unpaired) electrons. The van der Waals surface area contributed by atoms with Gasteiger partial charge in [0.15, 0.2) is 0 Å². The van der Waals surface area contributed by atoms with Gasteiger partial charge >= 0.3 is 0 Å². The Morgan fingerprint density at radius 1 is 1.38 bits per heavy atom. The van der Waals surface area contributed by atoms with Crippen LogP contribution in [0.4, 0.5) is 0 Å². The van der Waals surface area contributed by atoms with Crippen molar-refractivity contribution in [1.29, 1.82) is 0 Å². The van der Waals surface area contributed by atoms with Crippen molar-refractivity contribution in [2.24, 2.45) is 10.3 Å². The van der Waals surface area contributed by atoms with E-state index in [0.29, 0.717) is 5.56 Å². The molecule has 0 atom stereocenters. The lowest BCUT2D eigenvalue weighted by atomic mass is 10.1. The van der Waals surface area contributed by atoms with Crippen LogP contribution in [0.2, 0.25) is 0 Å². The fraction of sp³-hybridized carbons (Fsp3) is 0.222. The largest absolute Gasteiger partial charge is 0.411 e. The van der Waals surface area contributed by atoms with E-state index in [1.165, 1.54) is 0 Å². The van der Waals surface area contributed by atoms with Crippen LogP contribution in [-0.2, 0) is 0 Å². The molecule has 0 saturated heterocycles. The molecular weight excluding hydrogens is 168 g/mol. The molecule has 4 heteroatoms. The lowest BCUT2D eigenvalue weighted by Gasteiger charge is -1.99. The first-order valence-corrected chi connectivity index (χ1v) is 3.85. The quantitative estimate of drug-likeness (QED) is 0.332. The van der Waals surface area contributed by atoms with Crippen molar-refractivity contribution < 1.29 is 5.21 Å². The van der Waals surface area contributed by atoms with Crippen LogP contribution in [0.1, 0.15) is 11.1 Å². The van der Waals surface area contributed by atoms with Gasteiger partial charge in [-0.1, -0.05) is 40.2 Å². The van der Waals surface area contributed by atoms with Crippen molar-refractivity contribution in [2.75, 3.05) is 6.54 Å². The summed E-state index contributed by atoms with van der Waals surface area (Å²) >= 11 is 0. The van der Waals surface area contributed by atoms with Crippen LogP contribution in [0, 0.1) is 11.8 Å². The summed E-state index contributed by atoms with van der Waals surface area (Å²) in [6, 6.07) is 7.34. The van der Waals surface area contributed by atoms with Crippen LogP contribution in [0.3, 0.4) is 0 Å². The highest BCUT2D eigenvalue weighted by molar-refractivity contribution is 6.01. The molecule has 0 saturated carbocycles. The molecule has 0 heterocycles. The number of nitrogens with zero attached hydrogens (tertiary/aromatic N) is 2. The number of oxime groups is 1. The van der Waals surface area contributed by atoms with Gasteiger partial charge in [-0.25, -0.2) is 0 Å². The number of hydrogen-bond donors (Lipinski definition) is 1. The zero-order valence-electron chi connectivity index (χ0n) is 7.27. The van der Waals surface area contributed by atoms with E-state index in [-0.39, 0.29) is 12.3 Å². The molecule has 1 aromatic rings. The highest BCUT2D eigenvalue weighted by Crippen LogP contribution is 2.04. The second kappa shape index (κ2) is 4.35. The topological polar surface area (TPSA) is 62.0 Å². The Bertz CT molecular complexity index is 317. The third kappa shape index (κ3) is 2.37. The number of hydrogen-bond acceptors (Lipinski definition) is 4. The predicted octanol–water partition coefficient (Wildman–Crippen LogP) is 1.94. The molecule has 0 fully saturated rings. The number of rotatable bonds is 3. The molecule has 0 spiro atoms. The van der Waals surface area contributed by atoms with Crippen molar-refractivity contribution in [3.63, 3.8) is 0 Å². The van der Waals surface area contributed by atoms with Crippen molar-refractivity contribution in [1.82, 2.24) is 0 Å². The van der Waals surface area contributed by atoms with Crippen molar-refractivity contribution in [3.05, 3.63) is 40.3 Å². The minimum Gasteiger partial charge on any atom is -0.411 e. The van der Waals surface area contributed by atoms with Gasteiger partial charge in [-0.15, -0.1) is 0 Å². The summed E-state index contributed by atoms with van der Waals surface area (Å²) < 4.78 is 0. The van der Waals surface area contributed by atoms with Gasteiger partial charge in [-0.2, -0.15) is 4.91 Å². The standard InChI is InChI=1S/C9H10N2O2/c1-7-2-4-8(5-3-7)9(11-13)6-10-12/h2-5,13H,6H2,1H3/b11-9+. The molecule has 0 aromatic heterocycles. The molecule has 1 N–H and O–H groups in total. The molecule has 0 aliphatic heterocycles. The van der Waals surface area contributed by atoms with Crippen LogP contribution < -0.4 is 0 Å². The van der Waals surface area contributed by atoms with Crippen LogP contribution in [0.5, 0.6) is 0 Å². The first-order valence-electron chi connectivity index (χ1n) is 3.85. The van der Waals surface area contributed by atoms with Gasteiger partial charge in [0.2, 0.25) is 0 Å². The summed E-state index contributed by atoms with van der Waals surface area (Å²) in [5.74, 6) is 0. The average molecular weight is 178 g/mol. The third-order valence-corrected chi connectivity index (χ3v) is 1.72. The molecule has 0 aliphatic rings. The highest BCUT2D eigenvalue weighted by Gasteiger charge is 2.02. The normalized spacial score (nSPS) is 11.3. The number of nitroso groups, excluding NO2 is 1. The highest BCUT2D eigenvalue weighted by atomic mass is 16.4. The lowest BCUT2D eigenvalue weighted by molar-refractivity contribution is 0.318. The molecule has 1 rings (SSSR count). The van der Waals surface area contributed by atoms with Gasteiger partial charge < -0.3 is 5.21 Å². The van der Waals surface area contributed by atoms with E-state index in [4.69, 9.17) is 5.21 Å². The Kier molecular flexibility index (Phi) is 3.14. The maximum absolute atomic E-state index is 9.97. The SMILES string of the molecule is Cc1ccc(/C(CN=O)=N/O)cc1. The van der Waals surface area contributed by atoms with E-state index in [0.717, 1.165) is 5.56 Å². The summed E-state index contributed by atoms with van der Waals surface area (Å²) in [6.07, 6.45) is 0. The summed E-state index contributed by atoms with van der Waals surface area (Å²) in [6.45, 7) is 1.84. The number of benzene rings is 1. The van der Waals surface area contributed by atoms with E-state index in [2.05, 4.69) is 10.3 Å². The van der Waals surface area contributed by atoms with Gasteiger partial charge in [0.25, 0.3) is 0 Å². The smallest absolute Gasteiger partial charge is 0.127 e. The van der Waals surface area contributed by atoms with Crippen LogP contribution >= 0.6 is 0 Å². The first-order chi connectivity index (χ1) is 6.27. The summed E-state index contributed by atoms with van der Waals surface area (Å²) in [5, 5.41) is 14.2. The Hall–Kier alpha value is -1.71. The van der Waals surface area contributed by atoms with Gasteiger partial charge in [0.05, 0.1) is 0 Å². The first kappa shape index (κ1) is 9.38. The second-order valence-electron chi connectivity index (χ2n) is 2.70. The van der Waals surface area contributed by atoms with E-state index in [9.17, 15) is 4.91 Å². The van der Waals surface area contributed by atoms with Gasteiger partial charge in [-0.3, -0.25) is 0 Å². The summed E-state index contributed by atoms with van der Waals surface area (Å²) in [4.78, 5) is 9.97. The third-order valence-electron chi connectivity index (χ3n) is 1.72. The molecule has 0 aliphatic carbocycles. The Morgan fingerprint density at radius 3 is 2.46 bits per heavy atom. The second-order valence-corrected chi connectivity index (χ2v) is 2.70. The maximum atomic E-state index is 9.97. The van der Waals surface area contributed by atoms with Crippen LogP contribution in [0.15, 0.2) is 34.6 Å². The molecule has 4 nitrogen and oxygen atoms in total. The molecule has 0 amide bonds. The molecule has 0 bridgehead atoms. The summed E-state index contributed by atoms with van der Waals surface area (Å²) in [7, 11) is 0. The predicted molar refractivity (Wildman–Crippen MR) is 50.2 cm³/mol. The fourth-order valence-electron chi connectivity index (χ4n) is 0.988. The minimum atomic E-state index is -0.112. The molecule has 13 heavy (non-hydrogen) atoms. The van der Waals surface area contributed by atoms with Gasteiger partial charge in [0.1, 0.15) is 12.3 Å². The fourth-order valence-corrected chi connectivity index (χ4v) is 0.988. The Morgan fingerprint density at radius 2 is 2.00 bits per heavy atom. The monoisotopic (exact) mass is 178 g/mol. The zero-order chi connectivity index (χ0) is 9.68. The molecule has 1 aromatic carbocycles. The van der Waals surface area contributed by atoms with E-state index in [1.54, 1.807) is 12.1 Å². The van der Waals surface area contributed by atoms with Crippen molar-refractivity contribution in [2.45, 2.75) is 6.92 Å². The van der Waals surface area contributed by atoms with E-state index >= 15 is 0 Å². The molecular formula is C9H10N2O2. The van der Waals surface area contributed by atoms with Crippen LogP contribution in [-0.4, -0.2) is 17.5 Å². The van der Waals surface area contributed by atoms with E-state index in [1.807, 2.05) is 19.1 Å². The van der Waals surface area contributed by atoms with E-state index < -0.39 is 0 Å². The van der Waals surface area contributed by atoms with Crippen molar-refractivity contribution >= 4 is 5.71 Å². The van der Waals surface area contributed by atoms with Crippen molar-refractivity contribution in [3.8, 4) is 0 Å². The summed E-state index contributed by atoms with van der Waals surface area (Å²) in [5.41, 5.74) is 2.11. The zero-order valence-corrected chi connectivity index (χ0v) is 7.27. The average Bonchev–Trinajstić information content (AvgIpc) is 2.16. The number of aryl methyl sites for hydroxylation is 1. The lowest BCUT2D eigenvalue weighted by Crippen LogP contribution is -2.04. The molecule has 68 valence electrons. The minimum absolute atomic E-state index is 0.112. The Balaban J connectivity index is 2.92. The molecule has 0 unspecified atom stereocenters. The van der Waals surface area contributed by atoms with Gasteiger partial charge in [0, 0.05) is 5.56 Å². The van der Waals surface area contributed by atoms with Crippen LogP contribution in [0.25, 0.3) is 0 Å². The van der Waals surface area contributed by atoms with Gasteiger partial charge in [-0.05, 0) is 6.92 Å².